The lowest BCUT2D eigenvalue weighted by Crippen LogP contribution is -2.44. The third kappa shape index (κ3) is 3.88. The van der Waals surface area contributed by atoms with E-state index in [1.165, 1.54) is 12.8 Å². The van der Waals surface area contributed by atoms with Gasteiger partial charge in [0.1, 0.15) is 6.61 Å². The molecule has 19 heavy (non-hydrogen) atoms. The number of unbranched alkanes of at least 4 members (excludes halogenated alkanes) is 3. The van der Waals surface area contributed by atoms with Gasteiger partial charge in [-0.1, -0.05) is 38.3 Å². The Kier molecular flexibility index (Phi) is 5.07. The van der Waals surface area contributed by atoms with Crippen LogP contribution in [0.1, 0.15) is 32.6 Å². The highest BCUT2D eigenvalue weighted by molar-refractivity contribution is 5.81. The fourth-order valence-corrected chi connectivity index (χ4v) is 2.03. The van der Waals surface area contributed by atoms with Crippen molar-refractivity contribution in [2.24, 2.45) is 0 Å². The van der Waals surface area contributed by atoms with E-state index in [4.69, 9.17) is 9.47 Å². The zero-order chi connectivity index (χ0) is 13.5. The van der Waals surface area contributed by atoms with E-state index in [0.717, 1.165) is 12.8 Å². The van der Waals surface area contributed by atoms with Crippen molar-refractivity contribution in [1.82, 2.24) is 5.32 Å². The molecule has 1 amide bonds. The van der Waals surface area contributed by atoms with Crippen molar-refractivity contribution in [3.63, 3.8) is 0 Å². The van der Waals surface area contributed by atoms with Gasteiger partial charge in [-0.05, 0) is 18.6 Å². The number of rotatable bonds is 6. The Morgan fingerprint density at radius 1 is 1.26 bits per heavy atom. The van der Waals surface area contributed by atoms with Crippen LogP contribution in [-0.4, -0.2) is 25.2 Å². The molecule has 0 saturated heterocycles. The molecule has 0 saturated carbocycles. The van der Waals surface area contributed by atoms with Crippen LogP contribution in [-0.2, 0) is 4.79 Å². The van der Waals surface area contributed by atoms with Crippen molar-refractivity contribution in [3.05, 3.63) is 24.3 Å². The fraction of sp³-hybridized carbons (Fsp3) is 0.533. The van der Waals surface area contributed by atoms with E-state index in [0.29, 0.717) is 18.0 Å². The van der Waals surface area contributed by atoms with Gasteiger partial charge >= 0.3 is 0 Å². The molecule has 2 rings (SSSR count). The number of nitrogens with one attached hydrogen (secondary N) is 1. The Hall–Kier alpha value is -1.71. The topological polar surface area (TPSA) is 47.6 Å². The molecule has 1 atom stereocenters. The Morgan fingerprint density at radius 2 is 2.05 bits per heavy atom. The number of para-hydroxylation sites is 2. The molecule has 0 spiro atoms. The first-order valence-electron chi connectivity index (χ1n) is 6.97. The second-order valence-electron chi connectivity index (χ2n) is 4.72. The summed E-state index contributed by atoms with van der Waals surface area (Å²) in [6.07, 6.45) is 4.04. The summed E-state index contributed by atoms with van der Waals surface area (Å²) >= 11 is 0. The standard InChI is InChI=1S/C15H21NO3/c1-2-3-4-7-10-16-15(17)14-11-18-12-8-5-6-9-13(12)19-14/h5-6,8-9,14H,2-4,7,10-11H2,1H3,(H,16,17). The molecule has 0 aromatic heterocycles. The molecule has 4 nitrogen and oxygen atoms in total. The van der Waals surface area contributed by atoms with Crippen LogP contribution in [0.3, 0.4) is 0 Å². The largest absolute Gasteiger partial charge is 0.485 e. The highest BCUT2D eigenvalue weighted by Crippen LogP contribution is 2.30. The number of carbonyl (C=O) groups excluding carboxylic acids is 1. The van der Waals surface area contributed by atoms with E-state index in [2.05, 4.69) is 12.2 Å². The van der Waals surface area contributed by atoms with E-state index in [1.54, 1.807) is 0 Å². The Morgan fingerprint density at radius 3 is 2.84 bits per heavy atom. The minimum Gasteiger partial charge on any atom is -0.485 e. The molecule has 1 aromatic carbocycles. The summed E-state index contributed by atoms with van der Waals surface area (Å²) in [4.78, 5) is 11.9. The van der Waals surface area contributed by atoms with Gasteiger partial charge in [0.2, 0.25) is 6.10 Å². The first-order chi connectivity index (χ1) is 9.31. The van der Waals surface area contributed by atoms with Gasteiger partial charge in [-0.25, -0.2) is 0 Å². The summed E-state index contributed by atoms with van der Waals surface area (Å²) in [5, 5.41) is 2.90. The van der Waals surface area contributed by atoms with Crippen LogP contribution in [0.5, 0.6) is 11.5 Å². The highest BCUT2D eigenvalue weighted by atomic mass is 16.6. The maximum atomic E-state index is 11.9. The molecule has 1 aliphatic rings. The Bertz CT molecular complexity index is 420. The lowest BCUT2D eigenvalue weighted by Gasteiger charge is -2.25. The second-order valence-corrected chi connectivity index (χ2v) is 4.72. The summed E-state index contributed by atoms with van der Waals surface area (Å²) in [6, 6.07) is 7.41. The maximum Gasteiger partial charge on any atom is 0.264 e. The molecule has 0 radical (unpaired) electrons. The van der Waals surface area contributed by atoms with Crippen LogP contribution in [0.25, 0.3) is 0 Å². The summed E-state index contributed by atoms with van der Waals surface area (Å²) in [6.45, 7) is 3.15. The van der Waals surface area contributed by atoms with E-state index < -0.39 is 6.10 Å². The first-order valence-corrected chi connectivity index (χ1v) is 6.97. The number of benzene rings is 1. The molecule has 0 fully saturated rings. The van der Waals surface area contributed by atoms with Crippen molar-refractivity contribution in [3.8, 4) is 11.5 Å². The molecule has 1 unspecified atom stereocenters. The van der Waals surface area contributed by atoms with Gasteiger partial charge in [-0.2, -0.15) is 0 Å². The minimum atomic E-state index is -0.541. The van der Waals surface area contributed by atoms with Gasteiger partial charge in [0.25, 0.3) is 5.91 Å². The number of fused-ring (bicyclic) bond motifs is 1. The first kappa shape index (κ1) is 13.7. The average molecular weight is 263 g/mol. The lowest BCUT2D eigenvalue weighted by molar-refractivity contribution is -0.130. The summed E-state index contributed by atoms with van der Waals surface area (Å²) in [7, 11) is 0. The van der Waals surface area contributed by atoms with Gasteiger partial charge in [0.15, 0.2) is 11.5 Å². The molecule has 4 heteroatoms. The van der Waals surface area contributed by atoms with Gasteiger partial charge in [0.05, 0.1) is 0 Å². The Labute approximate surface area is 114 Å². The van der Waals surface area contributed by atoms with E-state index in [1.807, 2.05) is 24.3 Å². The third-order valence-corrected chi connectivity index (χ3v) is 3.13. The summed E-state index contributed by atoms with van der Waals surface area (Å²) in [5.74, 6) is 1.25. The van der Waals surface area contributed by atoms with Crippen LogP contribution in [0.15, 0.2) is 24.3 Å². The van der Waals surface area contributed by atoms with Crippen LogP contribution < -0.4 is 14.8 Å². The molecular formula is C15H21NO3. The normalized spacial score (nSPS) is 17.0. The SMILES string of the molecule is CCCCCCNC(=O)C1COc2ccccc2O1. The quantitative estimate of drug-likeness (QED) is 0.802. The minimum absolute atomic E-state index is 0.0917. The average Bonchev–Trinajstić information content (AvgIpc) is 2.46. The highest BCUT2D eigenvalue weighted by Gasteiger charge is 2.26. The molecule has 1 heterocycles. The maximum absolute atomic E-state index is 11.9. The molecule has 104 valence electrons. The number of amides is 1. The lowest BCUT2D eigenvalue weighted by atomic mass is 10.2. The monoisotopic (exact) mass is 263 g/mol. The van der Waals surface area contributed by atoms with Gasteiger partial charge in [-0.15, -0.1) is 0 Å². The predicted octanol–water partition coefficient (Wildman–Crippen LogP) is 2.52. The molecule has 0 aliphatic carbocycles. The third-order valence-electron chi connectivity index (χ3n) is 3.13. The Balaban J connectivity index is 1.76. The number of ether oxygens (including phenoxy) is 2. The van der Waals surface area contributed by atoms with Crippen LogP contribution in [0.2, 0.25) is 0 Å². The van der Waals surface area contributed by atoms with Crippen molar-refractivity contribution in [1.29, 1.82) is 0 Å². The van der Waals surface area contributed by atoms with E-state index in [-0.39, 0.29) is 12.5 Å². The zero-order valence-corrected chi connectivity index (χ0v) is 11.4. The van der Waals surface area contributed by atoms with Crippen molar-refractivity contribution in [2.45, 2.75) is 38.7 Å². The number of carbonyl (C=O) groups is 1. The van der Waals surface area contributed by atoms with Crippen LogP contribution in [0, 0.1) is 0 Å². The van der Waals surface area contributed by atoms with Gasteiger partial charge in [0, 0.05) is 6.54 Å². The molecule has 1 aliphatic heterocycles. The predicted molar refractivity (Wildman–Crippen MR) is 73.5 cm³/mol. The van der Waals surface area contributed by atoms with Crippen LogP contribution in [0.4, 0.5) is 0 Å². The fourth-order valence-electron chi connectivity index (χ4n) is 2.03. The van der Waals surface area contributed by atoms with E-state index >= 15 is 0 Å². The second kappa shape index (κ2) is 7.02. The van der Waals surface area contributed by atoms with E-state index in [9.17, 15) is 4.79 Å². The smallest absolute Gasteiger partial charge is 0.264 e. The van der Waals surface area contributed by atoms with Crippen molar-refractivity contribution < 1.29 is 14.3 Å². The summed E-state index contributed by atoms with van der Waals surface area (Å²) < 4.78 is 11.2. The van der Waals surface area contributed by atoms with Crippen molar-refractivity contribution in [2.75, 3.05) is 13.2 Å². The summed E-state index contributed by atoms with van der Waals surface area (Å²) in [5.41, 5.74) is 0. The number of hydrogen-bond acceptors (Lipinski definition) is 3. The molecule has 0 bridgehead atoms. The molecule has 1 aromatic rings. The van der Waals surface area contributed by atoms with Gasteiger partial charge < -0.3 is 14.8 Å². The zero-order valence-electron chi connectivity index (χ0n) is 11.4. The molecule has 1 N–H and O–H groups in total. The number of hydrogen-bond donors (Lipinski definition) is 1. The van der Waals surface area contributed by atoms with Gasteiger partial charge in [-0.3, -0.25) is 4.79 Å². The van der Waals surface area contributed by atoms with Crippen molar-refractivity contribution >= 4 is 5.91 Å². The molecular weight excluding hydrogens is 242 g/mol. The van der Waals surface area contributed by atoms with Crippen LogP contribution >= 0.6 is 0 Å².